The summed E-state index contributed by atoms with van der Waals surface area (Å²) in [6.45, 7) is 13.2. The van der Waals surface area contributed by atoms with Crippen LogP contribution < -0.4 is 56.5 Å². The zero-order valence-electron chi connectivity index (χ0n) is 16.6. The van der Waals surface area contributed by atoms with E-state index in [1.54, 1.807) is 0 Å². The fraction of sp³-hybridized carbons (Fsp3) is 0.471. The van der Waals surface area contributed by atoms with Crippen molar-refractivity contribution in [3.63, 3.8) is 0 Å². The summed E-state index contributed by atoms with van der Waals surface area (Å²) in [5, 5.41) is 26.2. The van der Waals surface area contributed by atoms with Gasteiger partial charge in [0.1, 0.15) is 0 Å². The molecule has 0 amide bonds. The molecule has 0 saturated carbocycles. The van der Waals surface area contributed by atoms with E-state index >= 15 is 0 Å². The maximum atomic E-state index is 10.1. The summed E-state index contributed by atoms with van der Waals surface area (Å²) >= 11 is 0. The number of aliphatic carboxylic acids is 3. The first-order valence-corrected chi connectivity index (χ1v) is 9.40. The second-order valence-electron chi connectivity index (χ2n) is 5.38. The minimum Gasteiger partial charge on any atom is -0.545 e. The second kappa shape index (κ2) is 19.5. The van der Waals surface area contributed by atoms with Gasteiger partial charge in [-0.3, -0.25) is 4.55 Å². The van der Waals surface area contributed by atoms with Gasteiger partial charge in [0.25, 0.3) is 10.1 Å². The van der Waals surface area contributed by atoms with Crippen LogP contribution in [0.5, 0.6) is 0 Å². The predicted octanol–water partition coefficient (Wildman–Crippen LogP) is -1.57. The third-order valence-corrected chi connectivity index (χ3v) is 3.47. The molecule has 156 valence electrons. The predicted molar refractivity (Wildman–Crippen MR) is 98.5 cm³/mol. The molecule has 0 spiro atoms. The Morgan fingerprint density at radius 2 is 1.32 bits per heavy atom. The molecule has 0 aromatic heterocycles. The number of rotatable bonds is 10. The number of carbonyl (C=O) groups excluding carboxylic acids is 1. The van der Waals surface area contributed by atoms with Crippen molar-refractivity contribution in [2.24, 2.45) is 0 Å². The zero-order valence-corrected chi connectivity index (χ0v) is 20.5. The maximum Gasteiger partial charge on any atom is 1.00 e. The van der Waals surface area contributed by atoms with Gasteiger partial charge in [-0.1, -0.05) is 33.1 Å². The van der Waals surface area contributed by atoms with Crippen LogP contribution in [0, 0.1) is 0 Å². The van der Waals surface area contributed by atoms with E-state index in [0.29, 0.717) is 12.0 Å². The molecule has 0 aliphatic carbocycles. The van der Waals surface area contributed by atoms with Crippen LogP contribution >= 0.6 is 0 Å². The van der Waals surface area contributed by atoms with Crippen LogP contribution in [0.2, 0.25) is 0 Å². The van der Waals surface area contributed by atoms with E-state index in [1.807, 2.05) is 6.92 Å². The number of hydrogen-bond donors (Lipinski definition) is 3. The fourth-order valence-corrected chi connectivity index (χ4v) is 1.58. The van der Waals surface area contributed by atoms with Crippen LogP contribution in [0.15, 0.2) is 36.5 Å². The van der Waals surface area contributed by atoms with Crippen molar-refractivity contribution in [2.45, 2.75) is 46.0 Å². The smallest absolute Gasteiger partial charge is 0.545 e. The first-order valence-electron chi connectivity index (χ1n) is 7.79. The standard InChI is InChI=1S/C7H12O2.C6H10O5S.C4H6O2.K/c1-3-4-5-6(2)7(8)9;1-5(6(7)8)3-2-4-12(9,10)11;1-3(2)4(5)6;/h2-5H2,1H3,(H,8,9);1-4H2,(H,7,8)(H,9,10,11);1H2,2H3,(H,5,6);/q;;;+1/p-1. The van der Waals surface area contributed by atoms with Crippen molar-refractivity contribution >= 4 is 28.0 Å². The largest absolute Gasteiger partial charge is 1.00 e. The molecule has 0 aliphatic heterocycles. The van der Waals surface area contributed by atoms with Crippen LogP contribution in [-0.2, 0) is 24.5 Å². The average molecular weight is 447 g/mol. The van der Waals surface area contributed by atoms with E-state index in [4.69, 9.17) is 14.8 Å². The summed E-state index contributed by atoms with van der Waals surface area (Å²) in [6.07, 6.45) is 2.59. The molecule has 3 N–H and O–H groups in total. The van der Waals surface area contributed by atoms with E-state index in [2.05, 4.69) is 19.7 Å². The van der Waals surface area contributed by atoms with E-state index < -0.39 is 33.8 Å². The van der Waals surface area contributed by atoms with Crippen molar-refractivity contribution in [2.75, 3.05) is 5.75 Å². The van der Waals surface area contributed by atoms with Crippen molar-refractivity contribution in [3.8, 4) is 0 Å². The summed E-state index contributed by atoms with van der Waals surface area (Å²) < 4.78 is 28.5. The van der Waals surface area contributed by atoms with Gasteiger partial charge in [0.15, 0.2) is 0 Å². The minimum absolute atomic E-state index is 0. The summed E-state index contributed by atoms with van der Waals surface area (Å²) in [5.41, 5.74) is 0.325. The van der Waals surface area contributed by atoms with Gasteiger partial charge in [-0.25, -0.2) is 9.59 Å². The number of carbonyl (C=O) groups is 3. The number of carboxylic acid groups (broad SMARTS) is 3. The molecule has 9 nitrogen and oxygen atoms in total. The van der Waals surface area contributed by atoms with Gasteiger partial charge >= 0.3 is 63.3 Å². The van der Waals surface area contributed by atoms with Crippen LogP contribution in [0.1, 0.15) is 46.0 Å². The Morgan fingerprint density at radius 1 is 0.929 bits per heavy atom. The molecule has 28 heavy (non-hydrogen) atoms. The molecule has 0 aromatic carbocycles. The molecule has 0 aliphatic rings. The van der Waals surface area contributed by atoms with Crippen LogP contribution in [0.3, 0.4) is 0 Å². The monoisotopic (exact) mass is 446 g/mol. The average Bonchev–Trinajstić information content (AvgIpc) is 2.52. The number of unbranched alkanes of at least 4 members (excludes halogenated alkanes) is 1. The SMILES string of the molecule is C=C(C)C(=O)O.C=C(CCCC)C(=O)O.C=C(CCCS(=O)(=O)O)C(=O)[O-].[K+]. The van der Waals surface area contributed by atoms with Gasteiger partial charge in [-0.2, -0.15) is 8.42 Å². The third kappa shape index (κ3) is 29.9. The molecule has 0 saturated heterocycles. The quantitative estimate of drug-likeness (QED) is 0.204. The molecular formula is C17H27KO9S. The van der Waals surface area contributed by atoms with Crippen molar-refractivity contribution in [1.82, 2.24) is 0 Å². The van der Waals surface area contributed by atoms with Crippen molar-refractivity contribution in [3.05, 3.63) is 36.5 Å². The molecule has 11 heteroatoms. The van der Waals surface area contributed by atoms with E-state index in [-0.39, 0.29) is 75.4 Å². The molecule has 0 aromatic rings. The van der Waals surface area contributed by atoms with Gasteiger partial charge in [0.2, 0.25) is 0 Å². The first kappa shape index (κ1) is 34.7. The Morgan fingerprint density at radius 3 is 1.57 bits per heavy atom. The Bertz CT molecular complexity index is 640. The molecule has 0 rings (SSSR count). The van der Waals surface area contributed by atoms with Crippen LogP contribution in [0.4, 0.5) is 0 Å². The summed E-state index contributed by atoms with van der Waals surface area (Å²) in [7, 11) is -4.00. The van der Waals surface area contributed by atoms with E-state index in [1.165, 1.54) is 6.92 Å². The molecule has 0 radical (unpaired) electrons. The fourth-order valence-electron chi connectivity index (χ4n) is 1.07. The molecular weight excluding hydrogens is 419 g/mol. The van der Waals surface area contributed by atoms with Crippen molar-refractivity contribution < 1.29 is 94.1 Å². The van der Waals surface area contributed by atoms with Gasteiger partial charge in [0.05, 0.1) is 11.7 Å². The Hall–Kier alpha value is -0.824. The van der Waals surface area contributed by atoms with Gasteiger partial charge < -0.3 is 20.1 Å². The maximum absolute atomic E-state index is 10.1. The zero-order chi connectivity index (χ0) is 22.2. The van der Waals surface area contributed by atoms with Gasteiger partial charge in [-0.05, 0) is 38.2 Å². The summed E-state index contributed by atoms with van der Waals surface area (Å²) in [4.78, 5) is 29.7. The van der Waals surface area contributed by atoms with Gasteiger partial charge in [0, 0.05) is 11.1 Å². The van der Waals surface area contributed by atoms with E-state index in [0.717, 1.165) is 12.8 Å². The second-order valence-corrected chi connectivity index (χ2v) is 6.95. The van der Waals surface area contributed by atoms with E-state index in [9.17, 15) is 27.9 Å². The molecule has 0 fully saturated rings. The Kier molecular flexibility index (Phi) is 24.1. The van der Waals surface area contributed by atoms with Crippen LogP contribution in [-0.4, -0.2) is 46.8 Å². The van der Waals surface area contributed by atoms with Crippen LogP contribution in [0.25, 0.3) is 0 Å². The normalized spacial score (nSPS) is 9.25. The number of carboxylic acids is 3. The first-order chi connectivity index (χ1) is 12.2. The number of hydrogen-bond acceptors (Lipinski definition) is 6. The molecule has 0 unspecified atom stereocenters. The van der Waals surface area contributed by atoms with Gasteiger partial charge in [-0.15, -0.1) is 0 Å². The third-order valence-electron chi connectivity index (χ3n) is 2.67. The Labute approximate surface area is 208 Å². The molecule has 0 bridgehead atoms. The summed E-state index contributed by atoms with van der Waals surface area (Å²) in [5.74, 6) is -3.66. The molecule has 0 heterocycles. The summed E-state index contributed by atoms with van der Waals surface area (Å²) in [6, 6.07) is 0. The topological polar surface area (TPSA) is 169 Å². The minimum atomic E-state index is -4.00. The van der Waals surface area contributed by atoms with Crippen molar-refractivity contribution in [1.29, 1.82) is 0 Å². The Balaban J connectivity index is -0.000000160. The molecule has 0 atom stereocenters.